The van der Waals surface area contributed by atoms with Gasteiger partial charge in [0.1, 0.15) is 0 Å². The highest BCUT2D eigenvalue weighted by atomic mass is 33.5. The van der Waals surface area contributed by atoms with Crippen LogP contribution in [0, 0.1) is 0 Å². The summed E-state index contributed by atoms with van der Waals surface area (Å²) in [4.78, 5) is 0. The zero-order valence-electron chi connectivity index (χ0n) is 26.6. The van der Waals surface area contributed by atoms with E-state index in [9.17, 15) is 0 Å². The first-order valence-corrected chi connectivity index (χ1v) is 71.0. The van der Waals surface area contributed by atoms with E-state index in [1.54, 1.807) is 107 Å². The van der Waals surface area contributed by atoms with Crippen LogP contribution in [0.15, 0.2) is 12.1 Å². The minimum Gasteiger partial charge on any atom is -0.397 e. The van der Waals surface area contributed by atoms with E-state index in [-0.39, 0.29) is 11.7 Å². The molecule has 0 saturated carbocycles. The molecule has 1 aromatic rings. The molecule has 2 aliphatic rings. The number of ether oxygens (including phenoxy) is 1. The van der Waals surface area contributed by atoms with Gasteiger partial charge in [-0.1, -0.05) is 0 Å². The first kappa shape index (κ1) is 63.8. The Morgan fingerprint density at radius 1 is 0.407 bits per heavy atom. The quantitative estimate of drug-likeness (QED) is 0.389. The van der Waals surface area contributed by atoms with Crippen molar-refractivity contribution in [2.24, 2.45) is 0 Å². The zero-order valence-corrected chi connectivity index (χ0v) is 63.3. The highest BCUT2D eigenvalue weighted by Gasteiger charge is 2.47. The summed E-state index contributed by atoms with van der Waals surface area (Å²) >= 11 is 9.62. The van der Waals surface area contributed by atoms with Crippen molar-refractivity contribution in [2.75, 3.05) is 11.5 Å². The Kier molecular flexibility index (Phi) is 51.5. The van der Waals surface area contributed by atoms with Gasteiger partial charge in [-0.25, -0.2) is 0 Å². The highest BCUT2D eigenvalue weighted by Crippen LogP contribution is 2.55. The van der Waals surface area contributed by atoms with E-state index >= 15 is 0 Å². The van der Waals surface area contributed by atoms with Gasteiger partial charge in [-0.3, -0.25) is 0 Å². The van der Waals surface area contributed by atoms with Crippen LogP contribution < -0.4 is 11.5 Å². The summed E-state index contributed by atoms with van der Waals surface area (Å²) < 4.78 is 5.93. The summed E-state index contributed by atoms with van der Waals surface area (Å²) in [5, 5.41) is 0. The number of hydrogen-bond donors (Lipinski definition) is 2. The molecule has 344 valence electrons. The first-order valence-electron chi connectivity index (χ1n) is 12.3. The SMILES string of the molecule is CC12CCC(O1)c1cc(N)c(N)cc12.S=S=S=S=S=S=S=S=S=S=S=S=S=S=S=S=S=S=S=S=S=S=S=S=S=S=S=S=S=S=S=S=S=S=S=S=S=S=S=S=S=S=S=S=S. The van der Waals surface area contributed by atoms with Gasteiger partial charge in [0.25, 0.3) is 0 Å². The third-order valence-electron chi connectivity index (χ3n) is 4.62. The maximum absolute atomic E-state index is 5.93. The molecule has 3 nitrogen and oxygen atoms in total. The fraction of sp³-hybridized carbons (Fsp3) is 0.455. The van der Waals surface area contributed by atoms with Gasteiger partial charge >= 0.3 is 0 Å². The molecule has 0 radical (unpaired) electrons. The molecule has 2 unspecified atom stereocenters. The predicted molar refractivity (Wildman–Crippen MR) is 387 cm³/mol. The topological polar surface area (TPSA) is 61.3 Å². The summed E-state index contributed by atoms with van der Waals surface area (Å²) in [6, 6.07) is 3.95. The van der Waals surface area contributed by atoms with Gasteiger partial charge in [0.05, 0.1) is 23.1 Å². The monoisotopic (exact) mass is 1630 g/mol. The van der Waals surface area contributed by atoms with Gasteiger partial charge in [0.2, 0.25) is 0 Å². The van der Waals surface area contributed by atoms with Crippen molar-refractivity contribution in [3.63, 3.8) is 0 Å². The fourth-order valence-corrected chi connectivity index (χ4v) is 116. The molecule has 0 aromatic heterocycles. The maximum atomic E-state index is 5.93. The van der Waals surface area contributed by atoms with Crippen LogP contribution in [0.25, 0.3) is 0 Å². The summed E-state index contributed by atoms with van der Waals surface area (Å²) in [6.07, 6.45) is 2.44. The predicted octanol–water partition coefficient (Wildman–Crippen LogP) is 1.82. The Bertz CT molecular complexity index is 3580. The number of nitrogens with two attached hydrogens (primary N) is 2. The molecular weight excluding hydrogens is 1620 g/mol. The first-order chi connectivity index (χ1) is 29.0. The molecule has 1 fully saturated rings. The van der Waals surface area contributed by atoms with Crippen molar-refractivity contribution in [1.29, 1.82) is 0 Å². The van der Waals surface area contributed by atoms with Crippen molar-refractivity contribution >= 4 is 416 Å². The molecule has 48 heteroatoms. The molecule has 2 aliphatic heterocycles. The number of anilines is 2. The van der Waals surface area contributed by atoms with Crippen LogP contribution >= 0.6 is 0 Å². The molecule has 2 heterocycles. The van der Waals surface area contributed by atoms with E-state index in [1.165, 1.54) is 28.9 Å². The molecule has 4 N–H and O–H groups in total. The Balaban J connectivity index is 0.000000700. The van der Waals surface area contributed by atoms with Crippen molar-refractivity contribution in [1.82, 2.24) is 0 Å². The lowest BCUT2D eigenvalue weighted by Crippen LogP contribution is -2.17. The molecule has 1 aromatic carbocycles. The minimum atomic E-state index is -0.109. The molecular formula is C11H14N2OS45. The third kappa shape index (κ3) is 36.3. The van der Waals surface area contributed by atoms with E-state index in [0.29, 0.717) is 11.4 Å². The average Bonchev–Trinajstić information content (AvgIpc) is 3.76. The van der Waals surface area contributed by atoms with E-state index in [2.05, 4.69) is 6.92 Å². The Hall–Kier alpha value is 8.68. The van der Waals surface area contributed by atoms with Crippen molar-refractivity contribution in [2.45, 2.75) is 31.5 Å². The van der Waals surface area contributed by atoms with Crippen LogP contribution in [0.2, 0.25) is 0 Å². The van der Waals surface area contributed by atoms with Gasteiger partial charge in [-0.2, -0.15) is 0 Å². The molecule has 1 saturated heterocycles. The standard InChI is InChI=1S/C11H14N2O.S45/c1-11-3-2-10(14-11)6-4-8(12)9(13)5-7(6)11;1-3-5-7-9-11-13-15-17-19-21-23-25-27-29-31-33-35-37-39-41-43-45-44-42-40-38-36-34-32-30-28-26-24-22-20-18-16-14-12-10-8-6-4-2/h4-5,10H,2-3,12-13H2,1H3;. The van der Waals surface area contributed by atoms with Crippen LogP contribution in [-0.4, -0.2) is 0 Å². The maximum Gasteiger partial charge on any atom is 0.0917 e. The number of nitrogen functional groups attached to an aromatic ring is 2. The van der Waals surface area contributed by atoms with Gasteiger partial charge in [0, 0.05) is 404 Å². The zero-order chi connectivity index (χ0) is 42.3. The lowest BCUT2D eigenvalue weighted by molar-refractivity contribution is -0.00699. The van der Waals surface area contributed by atoms with Gasteiger partial charge in [-0.05, 0) is 43.0 Å². The van der Waals surface area contributed by atoms with Crippen molar-refractivity contribution in [3.05, 3.63) is 23.3 Å². The highest BCUT2D eigenvalue weighted by molar-refractivity contribution is 8.81. The number of benzene rings is 1. The van der Waals surface area contributed by atoms with Gasteiger partial charge in [-0.15, -0.1) is 0 Å². The largest absolute Gasteiger partial charge is 0.397 e. The number of hydrogen-bond acceptors (Lipinski definition) is 5. The summed E-state index contributed by atoms with van der Waals surface area (Å²) in [6.45, 7) is 2.13. The fourth-order valence-electron chi connectivity index (χ4n) is 3.10. The van der Waals surface area contributed by atoms with Crippen LogP contribution in [0.3, 0.4) is 0 Å². The minimum absolute atomic E-state index is 0.109. The third-order valence-corrected chi connectivity index (χ3v) is 98.0. The molecule has 0 aliphatic carbocycles. The van der Waals surface area contributed by atoms with Crippen molar-refractivity contribution in [3.8, 4) is 0 Å². The molecule has 59 heavy (non-hydrogen) atoms. The molecule has 2 atom stereocenters. The Morgan fingerprint density at radius 2 is 0.627 bits per heavy atom. The van der Waals surface area contributed by atoms with E-state index in [4.69, 9.17) is 38.6 Å². The normalized spacial score (nSPS) is 13.8. The van der Waals surface area contributed by atoms with Crippen LogP contribution in [-0.2, 0) is 415 Å². The summed E-state index contributed by atoms with van der Waals surface area (Å²) in [5.74, 6) is 0. The molecule has 2 bridgehead atoms. The summed E-state index contributed by atoms with van der Waals surface area (Å²) in [5.41, 5.74) is 15.3. The lowest BCUT2D eigenvalue weighted by atomic mass is 9.83. The number of fused-ring (bicyclic) bond motifs is 5. The van der Waals surface area contributed by atoms with E-state index in [1.807, 2.05) is 270 Å². The molecule has 0 spiro atoms. The van der Waals surface area contributed by atoms with E-state index < -0.39 is 0 Å². The van der Waals surface area contributed by atoms with Crippen LogP contribution in [0.5, 0.6) is 0 Å². The second-order valence-corrected chi connectivity index (χ2v) is 83.4. The van der Waals surface area contributed by atoms with Crippen molar-refractivity contribution < 1.29 is 4.74 Å². The van der Waals surface area contributed by atoms with Gasteiger partial charge < -0.3 is 16.2 Å². The Labute approximate surface area is 474 Å². The Morgan fingerprint density at radius 3 is 0.864 bits per heavy atom. The second kappa shape index (κ2) is 47.7. The van der Waals surface area contributed by atoms with Crippen LogP contribution in [0.4, 0.5) is 11.4 Å². The van der Waals surface area contributed by atoms with E-state index in [0.717, 1.165) is 12.8 Å². The van der Waals surface area contributed by atoms with Crippen LogP contribution in [0.1, 0.15) is 37.0 Å². The smallest absolute Gasteiger partial charge is 0.0917 e. The number of rotatable bonds is 0. The average molecular weight is 1630 g/mol. The lowest BCUT2D eigenvalue weighted by Gasteiger charge is -2.21. The van der Waals surface area contributed by atoms with Gasteiger partial charge in [0.15, 0.2) is 0 Å². The summed E-state index contributed by atoms with van der Waals surface area (Å²) in [7, 11) is 76.6. The molecule has 0 amide bonds. The molecule has 3 rings (SSSR count). The second-order valence-electron chi connectivity index (χ2n) is 7.37.